The Hall–Kier alpha value is -2.06. The minimum Gasteiger partial charge on any atom is -0.283 e. The maximum absolute atomic E-state index is 12.9. The van der Waals surface area contributed by atoms with Crippen molar-refractivity contribution in [1.29, 1.82) is 0 Å². The number of carbonyl (C=O) groups excluding carboxylic acids is 1. The van der Waals surface area contributed by atoms with Gasteiger partial charge in [0.1, 0.15) is 11.2 Å². The van der Waals surface area contributed by atoms with Gasteiger partial charge in [-0.1, -0.05) is 37.0 Å². The van der Waals surface area contributed by atoms with Gasteiger partial charge >= 0.3 is 0 Å². The van der Waals surface area contributed by atoms with E-state index < -0.39 is 5.41 Å². The Morgan fingerprint density at radius 2 is 1.80 bits per heavy atom. The van der Waals surface area contributed by atoms with Crippen LogP contribution in [0.15, 0.2) is 24.3 Å². The zero-order valence-electron chi connectivity index (χ0n) is 11.6. The van der Waals surface area contributed by atoms with Crippen LogP contribution >= 0.6 is 0 Å². The summed E-state index contributed by atoms with van der Waals surface area (Å²) in [7, 11) is 0. The molecule has 0 amide bonds. The first-order valence-electron chi connectivity index (χ1n) is 6.92. The zero-order valence-corrected chi connectivity index (χ0v) is 11.6. The molecule has 0 spiro atoms. The van der Waals surface area contributed by atoms with Crippen molar-refractivity contribution in [2.45, 2.75) is 39.0 Å². The third-order valence-corrected chi connectivity index (χ3v) is 3.67. The van der Waals surface area contributed by atoms with Crippen molar-refractivity contribution in [2.24, 2.45) is 5.41 Å². The van der Waals surface area contributed by atoms with Crippen LogP contribution in [0.25, 0.3) is 0 Å². The van der Waals surface area contributed by atoms with Crippen molar-refractivity contribution >= 4 is 5.78 Å². The van der Waals surface area contributed by atoms with E-state index in [0.29, 0.717) is 0 Å². The van der Waals surface area contributed by atoms with E-state index in [4.69, 9.17) is 0 Å². The van der Waals surface area contributed by atoms with Gasteiger partial charge in [-0.2, -0.15) is 0 Å². The highest BCUT2D eigenvalue weighted by Gasteiger charge is 2.36. The Balaban J connectivity index is 2.30. The largest absolute Gasteiger partial charge is 0.283 e. The van der Waals surface area contributed by atoms with Gasteiger partial charge < -0.3 is 0 Å². The Labute approximate surface area is 119 Å². The van der Waals surface area contributed by atoms with Crippen LogP contribution in [0.4, 0.5) is 4.39 Å². The summed E-state index contributed by atoms with van der Waals surface area (Å²) in [6.07, 6.45) is 4.71. The van der Waals surface area contributed by atoms with Crippen molar-refractivity contribution in [3.8, 4) is 23.7 Å². The van der Waals surface area contributed by atoms with Crippen LogP contribution in [0.5, 0.6) is 0 Å². The molecule has 0 saturated heterocycles. The first-order valence-corrected chi connectivity index (χ1v) is 6.92. The van der Waals surface area contributed by atoms with E-state index in [1.165, 1.54) is 12.1 Å². The average Bonchev–Trinajstić information content (AvgIpc) is 2.48. The predicted octanol–water partition coefficient (Wildman–Crippen LogP) is 3.72. The molecule has 0 N–H and O–H groups in total. The highest BCUT2D eigenvalue weighted by atomic mass is 19.1. The number of hydrogen-bond donors (Lipinski definition) is 0. The predicted molar refractivity (Wildman–Crippen MR) is 77.3 cm³/mol. The van der Waals surface area contributed by atoms with Gasteiger partial charge in [-0.05, 0) is 50.0 Å². The van der Waals surface area contributed by atoms with Crippen LogP contribution < -0.4 is 0 Å². The standard InChI is InChI=1S/C18H17FO/c1-2-6-17(20)18(12-4-3-5-13-18)14-11-15-7-9-16(19)10-8-15/h7-10H,3-5,12-13H2,1H3. The normalized spacial score (nSPS) is 16.3. The molecule has 1 aromatic rings. The fraction of sp³-hybridized carbons (Fsp3) is 0.389. The Morgan fingerprint density at radius 1 is 1.15 bits per heavy atom. The number of ketones is 1. The van der Waals surface area contributed by atoms with E-state index >= 15 is 0 Å². The number of hydrogen-bond acceptors (Lipinski definition) is 1. The molecule has 0 atom stereocenters. The third-order valence-electron chi connectivity index (χ3n) is 3.67. The van der Waals surface area contributed by atoms with Gasteiger partial charge in [0.15, 0.2) is 0 Å². The Bertz CT molecular complexity index is 599. The molecule has 1 fully saturated rings. The molecule has 1 nitrogen and oxygen atoms in total. The number of rotatable bonds is 1. The maximum atomic E-state index is 12.9. The van der Waals surface area contributed by atoms with Crippen LogP contribution in [0.1, 0.15) is 44.6 Å². The zero-order chi connectivity index (χ0) is 14.4. The smallest absolute Gasteiger partial charge is 0.223 e. The van der Waals surface area contributed by atoms with E-state index in [2.05, 4.69) is 23.7 Å². The van der Waals surface area contributed by atoms with Crippen LogP contribution in [-0.4, -0.2) is 5.78 Å². The van der Waals surface area contributed by atoms with E-state index in [9.17, 15) is 9.18 Å². The van der Waals surface area contributed by atoms with Gasteiger partial charge in [-0.25, -0.2) is 4.39 Å². The minimum absolute atomic E-state index is 0.0747. The lowest BCUT2D eigenvalue weighted by Crippen LogP contribution is -2.31. The molecular weight excluding hydrogens is 251 g/mol. The van der Waals surface area contributed by atoms with Crippen LogP contribution in [-0.2, 0) is 4.79 Å². The lowest BCUT2D eigenvalue weighted by atomic mass is 9.71. The quantitative estimate of drug-likeness (QED) is 0.560. The second-order valence-corrected chi connectivity index (χ2v) is 5.10. The van der Waals surface area contributed by atoms with E-state index in [1.54, 1.807) is 19.1 Å². The lowest BCUT2D eigenvalue weighted by Gasteiger charge is -2.28. The Kier molecular flexibility index (Phi) is 4.59. The fourth-order valence-corrected chi connectivity index (χ4v) is 2.52. The second kappa shape index (κ2) is 6.40. The van der Waals surface area contributed by atoms with Crippen molar-refractivity contribution < 1.29 is 9.18 Å². The van der Waals surface area contributed by atoms with E-state index in [-0.39, 0.29) is 11.6 Å². The van der Waals surface area contributed by atoms with Crippen molar-refractivity contribution in [1.82, 2.24) is 0 Å². The molecule has 102 valence electrons. The third kappa shape index (κ3) is 3.28. The number of carbonyl (C=O) groups is 1. The summed E-state index contributed by atoms with van der Waals surface area (Å²) in [5, 5.41) is 0. The summed E-state index contributed by atoms with van der Waals surface area (Å²) in [6, 6.07) is 6.03. The number of halogens is 1. The summed E-state index contributed by atoms with van der Waals surface area (Å²) in [6.45, 7) is 1.67. The van der Waals surface area contributed by atoms with E-state index in [1.807, 2.05) is 0 Å². The van der Waals surface area contributed by atoms with Gasteiger partial charge in [0, 0.05) is 5.56 Å². The Morgan fingerprint density at radius 3 is 2.40 bits per heavy atom. The minimum atomic E-state index is -0.629. The second-order valence-electron chi connectivity index (χ2n) is 5.10. The molecule has 0 bridgehead atoms. The lowest BCUT2D eigenvalue weighted by molar-refractivity contribution is -0.121. The molecule has 2 rings (SSSR count). The molecule has 1 saturated carbocycles. The molecule has 0 aliphatic heterocycles. The van der Waals surface area contributed by atoms with Gasteiger partial charge in [0.2, 0.25) is 5.78 Å². The van der Waals surface area contributed by atoms with Gasteiger partial charge in [0.05, 0.1) is 0 Å². The molecule has 0 heterocycles. The summed E-state index contributed by atoms with van der Waals surface area (Å²) >= 11 is 0. The molecule has 0 radical (unpaired) electrons. The van der Waals surface area contributed by atoms with E-state index in [0.717, 1.165) is 37.7 Å². The average molecular weight is 268 g/mol. The maximum Gasteiger partial charge on any atom is 0.223 e. The van der Waals surface area contributed by atoms with Gasteiger partial charge in [0.25, 0.3) is 0 Å². The SMILES string of the molecule is CC#CC(=O)C1(C#Cc2ccc(F)cc2)CCCCC1. The molecule has 0 aromatic heterocycles. The van der Waals surface area contributed by atoms with Crippen molar-refractivity contribution in [3.63, 3.8) is 0 Å². The first kappa shape index (κ1) is 14.4. The molecule has 1 aliphatic carbocycles. The van der Waals surface area contributed by atoms with Crippen molar-refractivity contribution in [2.75, 3.05) is 0 Å². The fourth-order valence-electron chi connectivity index (χ4n) is 2.52. The van der Waals surface area contributed by atoms with Gasteiger partial charge in [-0.3, -0.25) is 4.79 Å². The summed E-state index contributed by atoms with van der Waals surface area (Å²) in [5.41, 5.74) is 0.101. The van der Waals surface area contributed by atoms with Crippen LogP contribution in [0.2, 0.25) is 0 Å². The van der Waals surface area contributed by atoms with Crippen LogP contribution in [0.3, 0.4) is 0 Å². The highest BCUT2D eigenvalue weighted by molar-refractivity contribution is 6.02. The number of Topliss-reactive ketones (excluding diaryl/α,β-unsaturated/α-hetero) is 1. The van der Waals surface area contributed by atoms with Gasteiger partial charge in [-0.15, -0.1) is 0 Å². The van der Waals surface area contributed by atoms with Crippen molar-refractivity contribution in [3.05, 3.63) is 35.6 Å². The molecular formula is C18H17FO. The first-order chi connectivity index (χ1) is 9.66. The molecule has 1 aliphatic rings. The summed E-state index contributed by atoms with van der Waals surface area (Å²) in [5.74, 6) is 11.1. The molecule has 20 heavy (non-hydrogen) atoms. The molecule has 0 unspecified atom stereocenters. The van der Waals surface area contributed by atoms with Crippen LogP contribution in [0, 0.1) is 34.9 Å². The monoisotopic (exact) mass is 268 g/mol. The highest BCUT2D eigenvalue weighted by Crippen LogP contribution is 2.36. The number of benzene rings is 1. The summed E-state index contributed by atoms with van der Waals surface area (Å²) < 4.78 is 12.9. The summed E-state index contributed by atoms with van der Waals surface area (Å²) in [4.78, 5) is 12.3. The molecule has 1 aromatic carbocycles. The molecule has 2 heteroatoms. The topological polar surface area (TPSA) is 17.1 Å².